The molecule has 5 nitrogen and oxygen atoms in total. The van der Waals surface area contributed by atoms with Crippen LogP contribution in [0, 0.1) is 11.3 Å². The Morgan fingerprint density at radius 2 is 2.31 bits per heavy atom. The minimum atomic E-state index is -0.919. The number of methoxy groups -OCH3 is 1. The molecule has 1 aromatic heterocycles. The minimum absolute atomic E-state index is 0.244. The fourth-order valence-corrected chi connectivity index (χ4v) is 1.11. The molecule has 0 fully saturated rings. The number of carbonyl (C=O) groups excluding carboxylic acids is 1. The number of rotatable bonds is 3. The van der Waals surface area contributed by atoms with Crippen LogP contribution in [0.1, 0.15) is 24.2 Å². The first-order chi connectivity index (χ1) is 7.50. The predicted molar refractivity (Wildman–Crippen MR) is 57.9 cm³/mol. The van der Waals surface area contributed by atoms with Gasteiger partial charge in [0, 0.05) is 6.20 Å². The summed E-state index contributed by atoms with van der Waals surface area (Å²) in [6.45, 7) is 3.24. The van der Waals surface area contributed by atoms with Gasteiger partial charge in [-0.3, -0.25) is 4.79 Å². The molecule has 84 valence electrons. The van der Waals surface area contributed by atoms with Gasteiger partial charge in [-0.05, 0) is 26.0 Å². The van der Waals surface area contributed by atoms with Gasteiger partial charge in [0.15, 0.2) is 0 Å². The van der Waals surface area contributed by atoms with Crippen LogP contribution in [-0.4, -0.2) is 23.5 Å². The van der Waals surface area contributed by atoms with Gasteiger partial charge >= 0.3 is 0 Å². The summed E-state index contributed by atoms with van der Waals surface area (Å²) in [5.74, 6) is -0.134. The summed E-state index contributed by atoms with van der Waals surface area (Å²) in [5, 5.41) is 11.4. The second-order valence-electron chi connectivity index (χ2n) is 3.75. The van der Waals surface area contributed by atoms with E-state index in [1.165, 1.54) is 13.3 Å². The number of hydrogen-bond acceptors (Lipinski definition) is 4. The van der Waals surface area contributed by atoms with Crippen molar-refractivity contribution in [1.82, 2.24) is 10.3 Å². The van der Waals surface area contributed by atoms with Crippen LogP contribution < -0.4 is 10.1 Å². The van der Waals surface area contributed by atoms with E-state index in [2.05, 4.69) is 10.3 Å². The Morgan fingerprint density at radius 1 is 1.62 bits per heavy atom. The van der Waals surface area contributed by atoms with Crippen molar-refractivity contribution in [3.05, 3.63) is 23.9 Å². The number of amides is 1. The number of aromatic nitrogens is 1. The zero-order chi connectivity index (χ0) is 12.2. The lowest BCUT2D eigenvalue weighted by Gasteiger charge is -2.17. The molecule has 0 atom stereocenters. The fourth-order valence-electron chi connectivity index (χ4n) is 1.11. The van der Waals surface area contributed by atoms with Gasteiger partial charge in [0.1, 0.15) is 11.1 Å². The highest BCUT2D eigenvalue weighted by Gasteiger charge is 2.22. The first-order valence-electron chi connectivity index (χ1n) is 4.73. The van der Waals surface area contributed by atoms with Crippen LogP contribution in [0.3, 0.4) is 0 Å². The zero-order valence-electron chi connectivity index (χ0n) is 9.44. The topological polar surface area (TPSA) is 75.0 Å². The number of nitrogens with one attached hydrogen (secondary N) is 1. The van der Waals surface area contributed by atoms with E-state index in [9.17, 15) is 4.79 Å². The van der Waals surface area contributed by atoms with Gasteiger partial charge in [0.25, 0.3) is 5.91 Å². The Balaban J connectivity index is 2.94. The van der Waals surface area contributed by atoms with Gasteiger partial charge in [-0.2, -0.15) is 5.26 Å². The summed E-state index contributed by atoms with van der Waals surface area (Å²) in [5.41, 5.74) is -0.605. The van der Waals surface area contributed by atoms with Crippen molar-refractivity contribution in [2.45, 2.75) is 19.4 Å². The molecular weight excluding hydrogens is 206 g/mol. The third kappa shape index (κ3) is 2.70. The summed E-state index contributed by atoms with van der Waals surface area (Å²) in [7, 11) is 1.44. The molecule has 0 bridgehead atoms. The molecule has 0 aliphatic rings. The van der Waals surface area contributed by atoms with E-state index in [4.69, 9.17) is 10.00 Å². The average Bonchev–Trinajstić information content (AvgIpc) is 2.28. The second-order valence-corrected chi connectivity index (χ2v) is 3.75. The number of nitrogens with zero attached hydrogens (tertiary/aromatic N) is 2. The summed E-state index contributed by atoms with van der Waals surface area (Å²) < 4.78 is 4.96. The Hall–Kier alpha value is -2.09. The van der Waals surface area contributed by atoms with Crippen molar-refractivity contribution < 1.29 is 9.53 Å². The molecule has 1 amide bonds. The van der Waals surface area contributed by atoms with E-state index < -0.39 is 5.54 Å². The molecule has 16 heavy (non-hydrogen) atoms. The molecule has 0 aliphatic heterocycles. The maximum atomic E-state index is 11.8. The van der Waals surface area contributed by atoms with Crippen LogP contribution in [0.2, 0.25) is 0 Å². The molecule has 1 N–H and O–H groups in total. The van der Waals surface area contributed by atoms with E-state index >= 15 is 0 Å². The van der Waals surface area contributed by atoms with Gasteiger partial charge in [0.05, 0.1) is 13.2 Å². The molecule has 0 aliphatic carbocycles. The van der Waals surface area contributed by atoms with E-state index in [1.54, 1.807) is 26.0 Å². The highest BCUT2D eigenvalue weighted by atomic mass is 16.5. The fraction of sp³-hybridized carbons (Fsp3) is 0.364. The van der Waals surface area contributed by atoms with Gasteiger partial charge < -0.3 is 10.1 Å². The van der Waals surface area contributed by atoms with E-state index in [0.29, 0.717) is 5.56 Å². The lowest BCUT2D eigenvalue weighted by Crippen LogP contribution is -2.42. The molecule has 1 heterocycles. The highest BCUT2D eigenvalue weighted by Crippen LogP contribution is 2.14. The summed E-state index contributed by atoms with van der Waals surface area (Å²) in [6.07, 6.45) is 1.53. The van der Waals surface area contributed by atoms with Crippen molar-refractivity contribution in [2.24, 2.45) is 0 Å². The third-order valence-electron chi connectivity index (χ3n) is 1.91. The van der Waals surface area contributed by atoms with Crippen LogP contribution in [0.25, 0.3) is 0 Å². The maximum absolute atomic E-state index is 11.8. The lowest BCUT2D eigenvalue weighted by molar-refractivity contribution is 0.0925. The number of pyridine rings is 1. The standard InChI is InChI=1S/C11H13N3O2/c1-11(2,7-12)14-9(15)8-5-4-6-13-10(8)16-3/h4-6H,1-3H3,(H,14,15). The SMILES string of the molecule is COc1ncccc1C(=O)NC(C)(C)C#N. The Labute approximate surface area is 94.1 Å². The van der Waals surface area contributed by atoms with Crippen LogP contribution in [-0.2, 0) is 0 Å². The van der Waals surface area contributed by atoms with Gasteiger partial charge in [0.2, 0.25) is 5.88 Å². The quantitative estimate of drug-likeness (QED) is 0.826. The molecule has 0 saturated heterocycles. The summed E-state index contributed by atoms with van der Waals surface area (Å²) in [6, 6.07) is 5.21. The van der Waals surface area contributed by atoms with Gasteiger partial charge in [-0.25, -0.2) is 4.98 Å². The van der Waals surface area contributed by atoms with Crippen LogP contribution in [0.5, 0.6) is 5.88 Å². The molecule has 0 spiro atoms. The maximum Gasteiger partial charge on any atom is 0.257 e. The molecule has 0 radical (unpaired) electrons. The molecule has 1 rings (SSSR count). The molecule has 5 heteroatoms. The highest BCUT2D eigenvalue weighted by molar-refractivity contribution is 5.96. The van der Waals surface area contributed by atoms with Crippen molar-refractivity contribution in [2.75, 3.05) is 7.11 Å². The summed E-state index contributed by atoms with van der Waals surface area (Å²) in [4.78, 5) is 15.7. The van der Waals surface area contributed by atoms with E-state index in [1.807, 2.05) is 6.07 Å². The number of ether oxygens (including phenoxy) is 1. The first kappa shape index (κ1) is 12.0. The number of nitriles is 1. The first-order valence-corrected chi connectivity index (χ1v) is 4.73. The Morgan fingerprint density at radius 3 is 2.88 bits per heavy atom. The van der Waals surface area contributed by atoms with Crippen LogP contribution >= 0.6 is 0 Å². The zero-order valence-corrected chi connectivity index (χ0v) is 9.44. The van der Waals surface area contributed by atoms with Crippen LogP contribution in [0.15, 0.2) is 18.3 Å². The Bertz CT molecular complexity index is 435. The monoisotopic (exact) mass is 219 g/mol. The molecule has 0 aromatic carbocycles. The second kappa shape index (κ2) is 4.62. The third-order valence-corrected chi connectivity index (χ3v) is 1.91. The molecular formula is C11H13N3O2. The van der Waals surface area contributed by atoms with Crippen molar-refractivity contribution in [1.29, 1.82) is 5.26 Å². The number of hydrogen-bond donors (Lipinski definition) is 1. The predicted octanol–water partition coefficient (Wildman–Crippen LogP) is 1.12. The van der Waals surface area contributed by atoms with Crippen molar-refractivity contribution in [3.8, 4) is 11.9 Å². The number of carbonyl (C=O) groups is 1. The van der Waals surface area contributed by atoms with Crippen molar-refractivity contribution in [3.63, 3.8) is 0 Å². The summed E-state index contributed by atoms with van der Waals surface area (Å²) >= 11 is 0. The minimum Gasteiger partial charge on any atom is -0.480 e. The van der Waals surface area contributed by atoms with Gasteiger partial charge in [-0.15, -0.1) is 0 Å². The molecule has 1 aromatic rings. The van der Waals surface area contributed by atoms with E-state index in [-0.39, 0.29) is 11.8 Å². The smallest absolute Gasteiger partial charge is 0.257 e. The van der Waals surface area contributed by atoms with Gasteiger partial charge in [-0.1, -0.05) is 0 Å². The molecule has 0 saturated carbocycles. The van der Waals surface area contributed by atoms with Crippen molar-refractivity contribution >= 4 is 5.91 Å². The van der Waals surface area contributed by atoms with E-state index in [0.717, 1.165) is 0 Å². The lowest BCUT2D eigenvalue weighted by atomic mass is 10.1. The van der Waals surface area contributed by atoms with Crippen LogP contribution in [0.4, 0.5) is 0 Å². The Kier molecular flexibility index (Phi) is 3.46. The average molecular weight is 219 g/mol. The molecule has 0 unspecified atom stereocenters. The normalized spacial score (nSPS) is 10.4. The largest absolute Gasteiger partial charge is 0.480 e.